The number of hydrogen-bond donors (Lipinski definition) is 2. The van der Waals surface area contributed by atoms with E-state index < -0.39 is 0 Å². The van der Waals surface area contributed by atoms with E-state index in [9.17, 15) is 4.79 Å². The zero-order valence-corrected chi connectivity index (χ0v) is 11.4. The van der Waals surface area contributed by atoms with Crippen LogP contribution in [0.5, 0.6) is 0 Å². The van der Waals surface area contributed by atoms with Gasteiger partial charge in [-0.2, -0.15) is 5.10 Å². The first-order chi connectivity index (χ1) is 9.63. The number of hydrogen-bond acceptors (Lipinski definition) is 3. The summed E-state index contributed by atoms with van der Waals surface area (Å²) >= 11 is 5.94. The molecule has 5 nitrogen and oxygen atoms in total. The first-order valence-corrected chi connectivity index (χ1v) is 6.39. The van der Waals surface area contributed by atoms with Crippen molar-refractivity contribution in [3.05, 3.63) is 52.8 Å². The summed E-state index contributed by atoms with van der Waals surface area (Å²) in [6, 6.07) is 8.89. The number of fused-ring (bicyclic) bond motifs is 1. The molecule has 2 N–H and O–H groups in total. The number of pyridine rings is 1. The fraction of sp³-hybridized carbons (Fsp3) is 0.0714. The number of halogens is 1. The van der Waals surface area contributed by atoms with E-state index in [-0.39, 0.29) is 5.91 Å². The lowest BCUT2D eigenvalue weighted by Crippen LogP contribution is -2.14. The molecule has 0 saturated heterocycles. The number of nitrogens with one attached hydrogen (secondary N) is 2. The SMILES string of the molecule is Cc1nc2cc(Cl)ccc2cc1C(=O)Nc1ccn[nH]1. The van der Waals surface area contributed by atoms with Crippen molar-refractivity contribution >= 4 is 34.2 Å². The molecule has 0 saturated carbocycles. The number of H-pyrrole nitrogens is 1. The topological polar surface area (TPSA) is 70.7 Å². The van der Waals surface area contributed by atoms with Crippen molar-refractivity contribution in [2.45, 2.75) is 6.92 Å². The van der Waals surface area contributed by atoms with Crippen LogP contribution in [0.15, 0.2) is 36.5 Å². The smallest absolute Gasteiger partial charge is 0.258 e. The molecule has 0 unspecified atom stereocenters. The zero-order chi connectivity index (χ0) is 14.1. The van der Waals surface area contributed by atoms with Gasteiger partial charge in [-0.25, -0.2) is 0 Å². The molecule has 0 aliphatic rings. The van der Waals surface area contributed by atoms with Crippen molar-refractivity contribution in [3.8, 4) is 0 Å². The fourth-order valence-electron chi connectivity index (χ4n) is 1.98. The molecule has 3 aromatic rings. The summed E-state index contributed by atoms with van der Waals surface area (Å²) < 4.78 is 0. The summed E-state index contributed by atoms with van der Waals surface area (Å²) in [6.45, 7) is 1.79. The Hall–Kier alpha value is -2.40. The van der Waals surface area contributed by atoms with E-state index >= 15 is 0 Å². The van der Waals surface area contributed by atoms with Crippen LogP contribution in [0.2, 0.25) is 5.02 Å². The minimum atomic E-state index is -0.226. The lowest BCUT2D eigenvalue weighted by atomic mass is 10.1. The first kappa shape index (κ1) is 12.6. The quantitative estimate of drug-likeness (QED) is 0.760. The average molecular weight is 287 g/mol. The second kappa shape index (κ2) is 4.94. The van der Waals surface area contributed by atoms with Gasteiger partial charge in [-0.15, -0.1) is 0 Å². The number of amides is 1. The van der Waals surface area contributed by atoms with Gasteiger partial charge in [0.2, 0.25) is 0 Å². The highest BCUT2D eigenvalue weighted by atomic mass is 35.5. The lowest BCUT2D eigenvalue weighted by Gasteiger charge is -2.07. The van der Waals surface area contributed by atoms with E-state index in [4.69, 9.17) is 11.6 Å². The fourth-order valence-corrected chi connectivity index (χ4v) is 2.15. The van der Waals surface area contributed by atoms with Crippen LogP contribution < -0.4 is 5.32 Å². The Kier molecular flexibility index (Phi) is 3.12. The highest BCUT2D eigenvalue weighted by molar-refractivity contribution is 6.31. The maximum atomic E-state index is 12.2. The summed E-state index contributed by atoms with van der Waals surface area (Å²) in [7, 11) is 0. The van der Waals surface area contributed by atoms with Gasteiger partial charge in [0.05, 0.1) is 23.0 Å². The van der Waals surface area contributed by atoms with Crippen LogP contribution in [0.1, 0.15) is 16.1 Å². The number of benzene rings is 1. The normalized spacial score (nSPS) is 10.7. The molecule has 6 heteroatoms. The molecule has 100 valence electrons. The summed E-state index contributed by atoms with van der Waals surface area (Å²) in [6.07, 6.45) is 1.57. The highest BCUT2D eigenvalue weighted by Crippen LogP contribution is 2.21. The number of aromatic nitrogens is 3. The Balaban J connectivity index is 2.00. The molecule has 0 aliphatic carbocycles. The zero-order valence-electron chi connectivity index (χ0n) is 10.6. The van der Waals surface area contributed by atoms with Crippen molar-refractivity contribution in [1.29, 1.82) is 0 Å². The molecule has 0 spiro atoms. The number of anilines is 1. The summed E-state index contributed by atoms with van der Waals surface area (Å²) in [4.78, 5) is 16.6. The lowest BCUT2D eigenvalue weighted by molar-refractivity contribution is 0.102. The third kappa shape index (κ3) is 2.35. The van der Waals surface area contributed by atoms with Crippen molar-refractivity contribution in [1.82, 2.24) is 15.2 Å². The van der Waals surface area contributed by atoms with Crippen LogP contribution in [0.4, 0.5) is 5.82 Å². The Labute approximate surface area is 120 Å². The molecule has 0 aliphatic heterocycles. The molecule has 20 heavy (non-hydrogen) atoms. The predicted molar refractivity (Wildman–Crippen MR) is 78.0 cm³/mol. The number of nitrogens with zero attached hydrogens (tertiary/aromatic N) is 2. The molecular weight excluding hydrogens is 276 g/mol. The Bertz CT molecular complexity index is 783. The molecule has 2 heterocycles. The molecule has 0 radical (unpaired) electrons. The van der Waals surface area contributed by atoms with E-state index in [1.165, 1.54) is 0 Å². The molecule has 3 rings (SSSR count). The van der Waals surface area contributed by atoms with Crippen LogP contribution >= 0.6 is 11.6 Å². The molecule has 1 aromatic carbocycles. The van der Waals surface area contributed by atoms with Crippen LogP contribution in [-0.2, 0) is 0 Å². The number of aryl methyl sites for hydroxylation is 1. The molecule has 0 fully saturated rings. The minimum Gasteiger partial charge on any atom is -0.307 e. The number of carbonyl (C=O) groups excluding carboxylic acids is 1. The van der Waals surface area contributed by atoms with Gasteiger partial charge < -0.3 is 5.32 Å². The molecule has 0 bridgehead atoms. The van der Waals surface area contributed by atoms with Gasteiger partial charge in [-0.1, -0.05) is 17.7 Å². The van der Waals surface area contributed by atoms with Gasteiger partial charge in [0, 0.05) is 16.5 Å². The molecular formula is C14H11ClN4O. The standard InChI is InChI=1S/C14H11ClN4O/c1-8-11(14(20)18-13-4-5-16-19-13)6-9-2-3-10(15)7-12(9)17-8/h2-7H,1H3,(H2,16,18,19,20). The Morgan fingerprint density at radius 1 is 1.30 bits per heavy atom. The van der Waals surface area contributed by atoms with Gasteiger partial charge in [-0.05, 0) is 25.1 Å². The third-order valence-corrected chi connectivity index (χ3v) is 3.20. The largest absolute Gasteiger partial charge is 0.307 e. The van der Waals surface area contributed by atoms with Crippen molar-refractivity contribution < 1.29 is 4.79 Å². The second-order valence-electron chi connectivity index (χ2n) is 4.38. The highest BCUT2D eigenvalue weighted by Gasteiger charge is 2.12. The van der Waals surface area contributed by atoms with E-state index in [1.807, 2.05) is 6.07 Å². The molecule has 0 atom stereocenters. The van der Waals surface area contributed by atoms with Gasteiger partial charge in [0.25, 0.3) is 5.91 Å². The summed E-state index contributed by atoms with van der Waals surface area (Å²) in [5.41, 5.74) is 1.94. The maximum absolute atomic E-state index is 12.2. The Morgan fingerprint density at radius 2 is 2.15 bits per heavy atom. The first-order valence-electron chi connectivity index (χ1n) is 6.01. The van der Waals surface area contributed by atoms with Crippen molar-refractivity contribution in [2.75, 3.05) is 5.32 Å². The summed E-state index contributed by atoms with van der Waals surface area (Å²) in [5.74, 6) is 0.321. The summed E-state index contributed by atoms with van der Waals surface area (Å²) in [5, 5.41) is 10.7. The van der Waals surface area contributed by atoms with Crippen LogP contribution in [-0.4, -0.2) is 21.1 Å². The van der Waals surface area contributed by atoms with E-state index in [0.29, 0.717) is 22.1 Å². The van der Waals surface area contributed by atoms with Crippen LogP contribution in [0.25, 0.3) is 10.9 Å². The van der Waals surface area contributed by atoms with Crippen molar-refractivity contribution in [3.63, 3.8) is 0 Å². The monoisotopic (exact) mass is 286 g/mol. The van der Waals surface area contributed by atoms with Crippen LogP contribution in [0, 0.1) is 6.92 Å². The van der Waals surface area contributed by atoms with Crippen LogP contribution in [0.3, 0.4) is 0 Å². The van der Waals surface area contributed by atoms with Gasteiger partial charge >= 0.3 is 0 Å². The van der Waals surface area contributed by atoms with E-state index in [1.54, 1.807) is 37.4 Å². The number of rotatable bonds is 2. The van der Waals surface area contributed by atoms with E-state index in [0.717, 1.165) is 10.9 Å². The number of aromatic amines is 1. The maximum Gasteiger partial charge on any atom is 0.258 e. The third-order valence-electron chi connectivity index (χ3n) is 2.96. The van der Waals surface area contributed by atoms with E-state index in [2.05, 4.69) is 20.5 Å². The molecule has 1 amide bonds. The van der Waals surface area contributed by atoms with Gasteiger partial charge in [0.1, 0.15) is 5.82 Å². The molecule has 2 aromatic heterocycles. The number of carbonyl (C=O) groups is 1. The van der Waals surface area contributed by atoms with Gasteiger partial charge in [0.15, 0.2) is 0 Å². The van der Waals surface area contributed by atoms with Gasteiger partial charge in [-0.3, -0.25) is 14.9 Å². The Morgan fingerprint density at radius 3 is 2.90 bits per heavy atom. The second-order valence-corrected chi connectivity index (χ2v) is 4.82. The minimum absolute atomic E-state index is 0.226. The van der Waals surface area contributed by atoms with Crippen molar-refractivity contribution in [2.24, 2.45) is 0 Å². The predicted octanol–water partition coefficient (Wildman–Crippen LogP) is 3.17. The average Bonchev–Trinajstić information content (AvgIpc) is 2.90.